The van der Waals surface area contributed by atoms with Crippen molar-refractivity contribution >= 4 is 17.3 Å². The molecule has 0 aliphatic rings. The molecule has 1 aromatic heterocycles. The van der Waals surface area contributed by atoms with E-state index in [1.165, 1.54) is 13.2 Å². The Labute approximate surface area is 85.1 Å². The van der Waals surface area contributed by atoms with E-state index in [0.29, 0.717) is 28.6 Å². The fourth-order valence-electron chi connectivity index (χ4n) is 1.42. The summed E-state index contributed by atoms with van der Waals surface area (Å²) < 4.78 is 10.0. The van der Waals surface area contributed by atoms with E-state index in [1.807, 2.05) is 0 Å². The molecule has 0 fully saturated rings. The van der Waals surface area contributed by atoms with Gasteiger partial charge in [-0.1, -0.05) is 0 Å². The van der Waals surface area contributed by atoms with Crippen molar-refractivity contribution in [3.63, 3.8) is 0 Å². The summed E-state index contributed by atoms with van der Waals surface area (Å²) in [5.41, 5.74) is 0.299. The first-order valence-electron chi connectivity index (χ1n) is 4.32. The monoisotopic (exact) mass is 204 g/mol. The average Bonchev–Trinajstić information content (AvgIpc) is 2.27. The molecule has 1 aromatic carbocycles. The SMILES string of the molecule is COc1ccc(C=O)c2ccc(=O)oc12. The van der Waals surface area contributed by atoms with Gasteiger partial charge in [0.2, 0.25) is 0 Å². The Balaban J connectivity index is 2.92. The molecule has 4 nitrogen and oxygen atoms in total. The number of benzene rings is 1. The molecule has 0 N–H and O–H groups in total. The molecule has 0 unspecified atom stereocenters. The Morgan fingerprint density at radius 1 is 1.27 bits per heavy atom. The highest BCUT2D eigenvalue weighted by Crippen LogP contribution is 2.26. The van der Waals surface area contributed by atoms with E-state index in [-0.39, 0.29) is 0 Å². The minimum atomic E-state index is -0.469. The van der Waals surface area contributed by atoms with Gasteiger partial charge in [0.1, 0.15) is 0 Å². The normalized spacial score (nSPS) is 10.2. The van der Waals surface area contributed by atoms with Gasteiger partial charge in [0.15, 0.2) is 17.6 Å². The second-order valence-electron chi connectivity index (χ2n) is 2.97. The quantitative estimate of drug-likeness (QED) is 0.551. The fraction of sp³-hybridized carbons (Fsp3) is 0.0909. The van der Waals surface area contributed by atoms with Crippen molar-refractivity contribution in [3.8, 4) is 5.75 Å². The molecule has 0 amide bonds. The molecule has 2 aromatic rings. The van der Waals surface area contributed by atoms with E-state index < -0.39 is 5.63 Å². The summed E-state index contributed by atoms with van der Waals surface area (Å²) in [4.78, 5) is 21.8. The molecule has 1 heterocycles. The Bertz CT molecular complexity index is 568. The summed E-state index contributed by atoms with van der Waals surface area (Å²) in [6, 6.07) is 6.03. The Morgan fingerprint density at radius 2 is 2.07 bits per heavy atom. The molecular weight excluding hydrogens is 196 g/mol. The highest BCUT2D eigenvalue weighted by Gasteiger charge is 2.08. The molecule has 76 valence electrons. The van der Waals surface area contributed by atoms with Gasteiger partial charge in [0, 0.05) is 17.0 Å². The van der Waals surface area contributed by atoms with Crippen LogP contribution in [0.4, 0.5) is 0 Å². The van der Waals surface area contributed by atoms with E-state index in [0.717, 1.165) is 0 Å². The number of aldehydes is 1. The Hall–Kier alpha value is -2.10. The maximum absolute atomic E-state index is 11.0. The summed E-state index contributed by atoms with van der Waals surface area (Å²) in [5, 5.41) is 0.573. The highest BCUT2D eigenvalue weighted by molar-refractivity contribution is 5.97. The summed E-state index contributed by atoms with van der Waals surface area (Å²) in [6.07, 6.45) is 0.710. The second kappa shape index (κ2) is 3.57. The Kier molecular flexibility index (Phi) is 2.25. The standard InChI is InChI=1S/C11H8O4/c1-14-9-4-2-7(6-12)8-3-5-10(13)15-11(8)9/h2-6H,1H3. The van der Waals surface area contributed by atoms with Crippen molar-refractivity contribution in [3.05, 3.63) is 40.2 Å². The maximum Gasteiger partial charge on any atom is 0.336 e. The molecule has 0 aliphatic heterocycles. The van der Waals surface area contributed by atoms with Crippen LogP contribution in [-0.4, -0.2) is 13.4 Å². The molecule has 0 aliphatic carbocycles. The number of fused-ring (bicyclic) bond motifs is 1. The van der Waals surface area contributed by atoms with Crippen LogP contribution in [0.3, 0.4) is 0 Å². The number of methoxy groups -OCH3 is 1. The van der Waals surface area contributed by atoms with Crippen molar-refractivity contribution in [2.24, 2.45) is 0 Å². The summed E-state index contributed by atoms with van der Waals surface area (Å²) >= 11 is 0. The van der Waals surface area contributed by atoms with Gasteiger partial charge in [-0.25, -0.2) is 4.79 Å². The first-order valence-corrected chi connectivity index (χ1v) is 4.32. The van der Waals surface area contributed by atoms with Gasteiger partial charge < -0.3 is 9.15 Å². The van der Waals surface area contributed by atoms with E-state index >= 15 is 0 Å². The Morgan fingerprint density at radius 3 is 2.73 bits per heavy atom. The van der Waals surface area contributed by atoms with Crippen molar-refractivity contribution in [2.45, 2.75) is 0 Å². The highest BCUT2D eigenvalue weighted by atomic mass is 16.5. The minimum Gasteiger partial charge on any atom is -0.493 e. The van der Waals surface area contributed by atoms with E-state index in [2.05, 4.69) is 0 Å². The number of hydrogen-bond donors (Lipinski definition) is 0. The van der Waals surface area contributed by atoms with E-state index in [1.54, 1.807) is 18.2 Å². The zero-order valence-electron chi connectivity index (χ0n) is 8.02. The summed E-state index contributed by atoms with van der Waals surface area (Å²) in [6.45, 7) is 0. The van der Waals surface area contributed by atoms with Crippen LogP contribution in [0.5, 0.6) is 5.75 Å². The second-order valence-corrected chi connectivity index (χ2v) is 2.97. The molecule has 0 radical (unpaired) electrons. The molecule has 0 saturated carbocycles. The van der Waals surface area contributed by atoms with Crippen LogP contribution in [0, 0.1) is 0 Å². The van der Waals surface area contributed by atoms with E-state index in [9.17, 15) is 9.59 Å². The fourth-order valence-corrected chi connectivity index (χ4v) is 1.42. The number of carbonyl (C=O) groups excluding carboxylic acids is 1. The number of ether oxygens (including phenoxy) is 1. The lowest BCUT2D eigenvalue weighted by atomic mass is 10.1. The van der Waals surface area contributed by atoms with Crippen LogP contribution < -0.4 is 10.4 Å². The lowest BCUT2D eigenvalue weighted by Crippen LogP contribution is -1.97. The number of hydrogen-bond acceptors (Lipinski definition) is 4. The number of rotatable bonds is 2. The van der Waals surface area contributed by atoms with Gasteiger partial charge in [-0.3, -0.25) is 4.79 Å². The van der Waals surface area contributed by atoms with Crippen molar-refractivity contribution < 1.29 is 13.9 Å². The molecule has 2 rings (SSSR count). The molecule has 0 bridgehead atoms. The predicted molar refractivity (Wildman–Crippen MR) is 54.4 cm³/mol. The molecule has 0 saturated heterocycles. The van der Waals surface area contributed by atoms with Crippen molar-refractivity contribution in [2.75, 3.05) is 7.11 Å². The third-order valence-electron chi connectivity index (χ3n) is 2.13. The van der Waals surface area contributed by atoms with Crippen LogP contribution in [0.25, 0.3) is 11.0 Å². The third kappa shape index (κ3) is 1.50. The molecule has 0 atom stereocenters. The summed E-state index contributed by atoms with van der Waals surface area (Å²) in [5.74, 6) is 0.438. The first kappa shape index (κ1) is 9.45. The average molecular weight is 204 g/mol. The van der Waals surface area contributed by atoms with Gasteiger partial charge >= 0.3 is 5.63 Å². The van der Waals surface area contributed by atoms with Gasteiger partial charge in [-0.05, 0) is 18.2 Å². The van der Waals surface area contributed by atoms with Gasteiger partial charge in [-0.15, -0.1) is 0 Å². The maximum atomic E-state index is 11.0. The number of carbonyl (C=O) groups is 1. The van der Waals surface area contributed by atoms with Gasteiger partial charge in [0.25, 0.3) is 0 Å². The molecule has 4 heteroatoms. The van der Waals surface area contributed by atoms with Crippen molar-refractivity contribution in [1.29, 1.82) is 0 Å². The zero-order valence-corrected chi connectivity index (χ0v) is 8.02. The zero-order chi connectivity index (χ0) is 10.8. The van der Waals surface area contributed by atoms with Gasteiger partial charge in [0.05, 0.1) is 7.11 Å². The topological polar surface area (TPSA) is 56.5 Å². The molecule has 0 spiro atoms. The lowest BCUT2D eigenvalue weighted by Gasteiger charge is -2.04. The molecule has 15 heavy (non-hydrogen) atoms. The van der Waals surface area contributed by atoms with Crippen LogP contribution in [-0.2, 0) is 0 Å². The minimum absolute atomic E-state index is 0.301. The first-order chi connectivity index (χ1) is 7.26. The van der Waals surface area contributed by atoms with E-state index in [4.69, 9.17) is 9.15 Å². The van der Waals surface area contributed by atoms with Crippen LogP contribution >= 0.6 is 0 Å². The van der Waals surface area contributed by atoms with Crippen molar-refractivity contribution in [1.82, 2.24) is 0 Å². The predicted octanol–water partition coefficient (Wildman–Crippen LogP) is 1.61. The lowest BCUT2D eigenvalue weighted by molar-refractivity contribution is 0.112. The van der Waals surface area contributed by atoms with Gasteiger partial charge in [-0.2, -0.15) is 0 Å². The van der Waals surface area contributed by atoms with Crippen LogP contribution in [0.2, 0.25) is 0 Å². The smallest absolute Gasteiger partial charge is 0.336 e. The van der Waals surface area contributed by atoms with Crippen LogP contribution in [0.15, 0.2) is 33.5 Å². The third-order valence-corrected chi connectivity index (χ3v) is 2.13. The summed E-state index contributed by atoms with van der Waals surface area (Å²) in [7, 11) is 1.47. The van der Waals surface area contributed by atoms with Crippen LogP contribution in [0.1, 0.15) is 10.4 Å². The molecular formula is C11H8O4. The largest absolute Gasteiger partial charge is 0.493 e.